The summed E-state index contributed by atoms with van der Waals surface area (Å²) < 4.78 is 0. The fourth-order valence-corrected chi connectivity index (χ4v) is 0. The minimum absolute atomic E-state index is 0. The third-order valence-electron chi connectivity index (χ3n) is 0.287. The van der Waals surface area contributed by atoms with Gasteiger partial charge in [0.1, 0.15) is 5.97 Å². The zero-order valence-corrected chi connectivity index (χ0v) is 5.95. The minimum atomic E-state index is -1.63. The van der Waals surface area contributed by atoms with Gasteiger partial charge in [0, 0.05) is 6.92 Å². The molecular weight excluding hydrogens is 276 g/mol. The van der Waals surface area contributed by atoms with E-state index in [2.05, 4.69) is 0 Å². The van der Waals surface area contributed by atoms with E-state index in [1.807, 2.05) is 0 Å². The van der Waals surface area contributed by atoms with Crippen LogP contribution in [0.25, 0.3) is 0 Å². The second-order valence-electron chi connectivity index (χ2n) is 0.844. The van der Waals surface area contributed by atoms with Gasteiger partial charge in [-0.15, -0.1) is 0 Å². The Kier molecular flexibility index (Phi) is 5.62. The summed E-state index contributed by atoms with van der Waals surface area (Å²) in [7, 11) is 0. The topological polar surface area (TPSA) is 57.2 Å². The molecule has 0 amide bonds. The Morgan fingerprint density at radius 1 is 1.43 bits per heavy atom. The number of hydrogen-bond acceptors (Lipinski definition) is 3. The predicted octanol–water partition coefficient (Wildman–Crippen LogP) is -1.68. The Bertz CT molecular complexity index is 76.2. The maximum atomic E-state index is 9.48. The molecule has 3 nitrogen and oxygen atoms in total. The molecule has 0 fully saturated rings. The molecule has 0 radical (unpaired) electrons. The second-order valence-corrected chi connectivity index (χ2v) is 0.844. The Hall–Kier alpha value is -0.211. The molecule has 0 N–H and O–H groups in total. The van der Waals surface area contributed by atoms with E-state index in [1.54, 1.807) is 0 Å². The second kappa shape index (κ2) is 3.96. The number of rotatable bonds is 1. The van der Waals surface area contributed by atoms with E-state index in [-0.39, 0.29) is 20.1 Å². The van der Waals surface area contributed by atoms with Crippen molar-refractivity contribution in [3.05, 3.63) is 0 Å². The molecule has 7 heavy (non-hydrogen) atoms. The molecule has 0 saturated heterocycles. The number of Topliss-reactive ketones (excluding diaryl/α,β-unsaturated/α-hetero) is 1. The number of ketones is 1. The van der Waals surface area contributed by atoms with Crippen LogP contribution in [0.2, 0.25) is 0 Å². The van der Waals surface area contributed by atoms with E-state index >= 15 is 0 Å². The average molecular weight is 279 g/mol. The standard InChI is InChI=1S/C3H4O3.Ir/c1-2(4)3(5)6;/h1H3,(H,5,6);/q;+3/p-1. The Morgan fingerprint density at radius 2 is 1.57 bits per heavy atom. The van der Waals surface area contributed by atoms with Gasteiger partial charge in [-0.1, -0.05) is 0 Å². The molecule has 0 aromatic rings. The van der Waals surface area contributed by atoms with Gasteiger partial charge < -0.3 is 9.90 Å². The molecule has 0 saturated carbocycles. The molecule has 4 heteroatoms. The van der Waals surface area contributed by atoms with Crippen LogP contribution in [0.4, 0.5) is 0 Å². The quantitative estimate of drug-likeness (QED) is 0.539. The van der Waals surface area contributed by atoms with Crippen molar-refractivity contribution < 1.29 is 34.8 Å². The van der Waals surface area contributed by atoms with E-state index in [4.69, 9.17) is 0 Å². The van der Waals surface area contributed by atoms with E-state index in [9.17, 15) is 14.7 Å². The predicted molar refractivity (Wildman–Crippen MR) is 15.7 cm³/mol. The zero-order chi connectivity index (χ0) is 5.15. The van der Waals surface area contributed by atoms with Crippen molar-refractivity contribution in [2.24, 2.45) is 0 Å². The maximum Gasteiger partial charge on any atom is 3.00 e. The summed E-state index contributed by atoms with van der Waals surface area (Å²) in [6.45, 7) is 0.940. The van der Waals surface area contributed by atoms with Gasteiger partial charge in [0.15, 0.2) is 5.78 Å². The molecule has 0 aliphatic heterocycles. The minimum Gasteiger partial charge on any atom is -0.542 e. The summed E-state index contributed by atoms with van der Waals surface area (Å²) in [5.74, 6) is -2.56. The molecule has 0 heterocycles. The van der Waals surface area contributed by atoms with Crippen molar-refractivity contribution in [1.29, 1.82) is 0 Å². The third-order valence-corrected chi connectivity index (χ3v) is 0.287. The van der Waals surface area contributed by atoms with Crippen molar-refractivity contribution in [2.75, 3.05) is 0 Å². The van der Waals surface area contributed by atoms with E-state index in [1.165, 1.54) is 0 Å². The first-order chi connectivity index (χ1) is 2.64. The van der Waals surface area contributed by atoms with E-state index in [0.717, 1.165) is 6.92 Å². The van der Waals surface area contributed by atoms with Crippen LogP contribution in [0.3, 0.4) is 0 Å². The number of carbonyl (C=O) groups excluding carboxylic acids is 2. The van der Waals surface area contributed by atoms with Crippen molar-refractivity contribution >= 4 is 11.8 Å². The number of carboxylic acids is 1. The SMILES string of the molecule is CC(=O)C(=O)[O-].[Ir+3]. The van der Waals surface area contributed by atoms with Crippen LogP contribution in [-0.4, -0.2) is 11.8 Å². The molecule has 0 rings (SSSR count). The molecule has 40 valence electrons. The fourth-order valence-electron chi connectivity index (χ4n) is 0. The molecule has 0 atom stereocenters. The van der Waals surface area contributed by atoms with Crippen molar-refractivity contribution in [3.8, 4) is 0 Å². The third kappa shape index (κ3) is 5.79. The van der Waals surface area contributed by atoms with Gasteiger partial charge in [-0.25, -0.2) is 0 Å². The Morgan fingerprint density at radius 3 is 1.57 bits per heavy atom. The van der Waals surface area contributed by atoms with Gasteiger partial charge in [0.2, 0.25) is 0 Å². The Labute approximate surface area is 54.1 Å². The fraction of sp³-hybridized carbons (Fsp3) is 0.333. The average Bonchev–Trinajstić information content (AvgIpc) is 1.36. The summed E-state index contributed by atoms with van der Waals surface area (Å²) in [4.78, 5) is 18.7. The number of hydrogen-bond donors (Lipinski definition) is 0. The van der Waals surface area contributed by atoms with E-state index < -0.39 is 11.8 Å². The molecular formula is C3H3IrO3+2. The Balaban J connectivity index is 0. The van der Waals surface area contributed by atoms with Crippen LogP contribution < -0.4 is 5.11 Å². The van der Waals surface area contributed by atoms with Crippen LogP contribution >= 0.6 is 0 Å². The van der Waals surface area contributed by atoms with Gasteiger partial charge in [0.05, 0.1) is 0 Å². The zero-order valence-electron chi connectivity index (χ0n) is 3.56. The number of carboxylic acid groups (broad SMARTS) is 1. The summed E-state index contributed by atoms with van der Waals surface area (Å²) in [6.07, 6.45) is 0. The summed E-state index contributed by atoms with van der Waals surface area (Å²) >= 11 is 0. The van der Waals surface area contributed by atoms with Crippen LogP contribution in [0.1, 0.15) is 6.92 Å². The first kappa shape index (κ1) is 9.92. The van der Waals surface area contributed by atoms with Crippen molar-refractivity contribution in [3.63, 3.8) is 0 Å². The van der Waals surface area contributed by atoms with Crippen LogP contribution in [0.5, 0.6) is 0 Å². The smallest absolute Gasteiger partial charge is 0.542 e. The van der Waals surface area contributed by atoms with Crippen molar-refractivity contribution in [2.45, 2.75) is 6.92 Å². The monoisotopic (exact) mass is 280 g/mol. The van der Waals surface area contributed by atoms with Crippen molar-refractivity contribution in [1.82, 2.24) is 0 Å². The first-order valence-electron chi connectivity index (χ1n) is 1.36. The van der Waals surface area contributed by atoms with E-state index in [0.29, 0.717) is 0 Å². The molecule has 0 spiro atoms. The molecule has 0 aromatic carbocycles. The number of aliphatic carboxylic acids is 1. The molecule has 0 bridgehead atoms. The first-order valence-corrected chi connectivity index (χ1v) is 1.36. The van der Waals surface area contributed by atoms with Gasteiger partial charge in [0.25, 0.3) is 0 Å². The molecule has 0 aliphatic carbocycles. The van der Waals surface area contributed by atoms with Crippen LogP contribution in [0.15, 0.2) is 0 Å². The van der Waals surface area contributed by atoms with Crippen LogP contribution in [-0.2, 0) is 29.7 Å². The summed E-state index contributed by atoms with van der Waals surface area (Å²) in [5, 5.41) is 9.24. The van der Waals surface area contributed by atoms with Gasteiger partial charge in [-0.2, -0.15) is 0 Å². The van der Waals surface area contributed by atoms with Gasteiger partial charge in [-0.05, 0) is 0 Å². The summed E-state index contributed by atoms with van der Waals surface area (Å²) in [6, 6.07) is 0. The molecule has 0 aliphatic rings. The summed E-state index contributed by atoms with van der Waals surface area (Å²) in [5.41, 5.74) is 0. The molecule has 0 aromatic heterocycles. The van der Waals surface area contributed by atoms with Gasteiger partial charge in [-0.3, -0.25) is 4.79 Å². The van der Waals surface area contributed by atoms with Gasteiger partial charge >= 0.3 is 20.1 Å². The van der Waals surface area contributed by atoms with Crippen LogP contribution in [0, 0.1) is 0 Å². The largest absolute Gasteiger partial charge is 3.00 e. The molecule has 0 unspecified atom stereocenters. The number of carbonyl (C=O) groups is 2. The maximum absolute atomic E-state index is 9.48. The normalized spacial score (nSPS) is 6.43.